The smallest absolute Gasteiger partial charge is 0.261 e. The van der Waals surface area contributed by atoms with Crippen LogP contribution in [0.15, 0.2) is 77.3 Å². The minimum atomic E-state index is -0.290. The van der Waals surface area contributed by atoms with Gasteiger partial charge in [-0.3, -0.25) is 19.3 Å². The fraction of sp³-hybridized carbons (Fsp3) is 0.0870. The summed E-state index contributed by atoms with van der Waals surface area (Å²) in [7, 11) is 0. The average molecular weight is 449 g/mol. The molecule has 1 aliphatic rings. The zero-order chi connectivity index (χ0) is 20.4. The van der Waals surface area contributed by atoms with Gasteiger partial charge in [-0.15, -0.1) is 0 Å². The maximum atomic E-state index is 12.5. The van der Waals surface area contributed by atoms with Crippen LogP contribution < -0.4 is 5.32 Å². The predicted molar refractivity (Wildman–Crippen MR) is 112 cm³/mol. The van der Waals surface area contributed by atoms with Crippen molar-refractivity contribution in [3.63, 3.8) is 0 Å². The molecule has 1 aliphatic heterocycles. The number of benzene rings is 3. The number of imide groups is 1. The van der Waals surface area contributed by atoms with Crippen LogP contribution in [0.3, 0.4) is 0 Å². The molecule has 0 atom stereocenters. The molecule has 3 amide bonds. The molecule has 0 aliphatic carbocycles. The van der Waals surface area contributed by atoms with Crippen LogP contribution in [-0.4, -0.2) is 22.6 Å². The van der Waals surface area contributed by atoms with Crippen molar-refractivity contribution in [3.8, 4) is 0 Å². The van der Waals surface area contributed by atoms with E-state index in [0.29, 0.717) is 23.2 Å². The fourth-order valence-corrected chi connectivity index (χ4v) is 3.70. The molecule has 0 bridgehead atoms. The number of fused-ring (bicyclic) bond motifs is 1. The molecular weight excluding hydrogens is 432 g/mol. The standard InChI is InChI=1S/C23H17BrN2O3/c24-18-5-3-4-16(12-18)13-25-21(27)17-10-8-15(9-11-17)14-26-22(28)19-6-1-2-7-20(19)23(26)29/h1-12H,13-14H2,(H,25,27). The van der Waals surface area contributed by atoms with Gasteiger partial charge in [-0.05, 0) is 47.5 Å². The number of halogens is 1. The molecule has 0 radical (unpaired) electrons. The minimum Gasteiger partial charge on any atom is -0.348 e. The monoisotopic (exact) mass is 448 g/mol. The number of amides is 3. The molecule has 3 aromatic rings. The summed E-state index contributed by atoms with van der Waals surface area (Å²) in [5.41, 5.74) is 3.16. The Hall–Kier alpha value is -3.25. The summed E-state index contributed by atoms with van der Waals surface area (Å²) in [5, 5.41) is 2.88. The van der Waals surface area contributed by atoms with E-state index in [1.54, 1.807) is 48.5 Å². The summed E-state index contributed by atoms with van der Waals surface area (Å²) >= 11 is 3.41. The van der Waals surface area contributed by atoms with Gasteiger partial charge in [-0.2, -0.15) is 0 Å². The van der Waals surface area contributed by atoms with E-state index in [1.807, 2.05) is 24.3 Å². The molecule has 6 heteroatoms. The number of carbonyl (C=O) groups excluding carboxylic acids is 3. The van der Waals surface area contributed by atoms with E-state index in [9.17, 15) is 14.4 Å². The first kappa shape index (κ1) is 19.1. The zero-order valence-corrected chi connectivity index (χ0v) is 17.0. The van der Waals surface area contributed by atoms with Crippen LogP contribution in [0, 0.1) is 0 Å². The molecule has 29 heavy (non-hydrogen) atoms. The lowest BCUT2D eigenvalue weighted by atomic mass is 10.1. The predicted octanol–water partition coefficient (Wildman–Crippen LogP) is 4.18. The van der Waals surface area contributed by atoms with Gasteiger partial charge in [0.25, 0.3) is 17.7 Å². The van der Waals surface area contributed by atoms with Crippen molar-refractivity contribution >= 4 is 33.7 Å². The van der Waals surface area contributed by atoms with Crippen molar-refractivity contribution in [2.75, 3.05) is 0 Å². The van der Waals surface area contributed by atoms with Gasteiger partial charge in [-0.25, -0.2) is 0 Å². The van der Waals surface area contributed by atoms with Gasteiger partial charge in [-0.1, -0.05) is 52.3 Å². The number of nitrogens with zero attached hydrogens (tertiary/aromatic N) is 1. The topological polar surface area (TPSA) is 66.5 Å². The van der Waals surface area contributed by atoms with Crippen molar-refractivity contribution in [2.45, 2.75) is 13.1 Å². The summed E-state index contributed by atoms with van der Waals surface area (Å²) in [6.07, 6.45) is 0. The van der Waals surface area contributed by atoms with Gasteiger partial charge >= 0.3 is 0 Å². The maximum Gasteiger partial charge on any atom is 0.261 e. The Morgan fingerprint density at radius 2 is 1.48 bits per heavy atom. The lowest BCUT2D eigenvalue weighted by Crippen LogP contribution is -2.29. The van der Waals surface area contributed by atoms with Crippen molar-refractivity contribution in [1.82, 2.24) is 10.2 Å². The van der Waals surface area contributed by atoms with E-state index in [-0.39, 0.29) is 24.3 Å². The Balaban J connectivity index is 1.40. The van der Waals surface area contributed by atoms with E-state index >= 15 is 0 Å². The Morgan fingerprint density at radius 1 is 0.828 bits per heavy atom. The van der Waals surface area contributed by atoms with Gasteiger partial charge in [0.2, 0.25) is 0 Å². The molecule has 0 saturated heterocycles. The van der Waals surface area contributed by atoms with E-state index in [1.165, 1.54) is 4.90 Å². The molecular formula is C23H17BrN2O3. The molecule has 0 saturated carbocycles. The van der Waals surface area contributed by atoms with E-state index < -0.39 is 0 Å². The normalized spacial score (nSPS) is 12.8. The number of nitrogens with one attached hydrogen (secondary N) is 1. The molecule has 5 nitrogen and oxygen atoms in total. The van der Waals surface area contributed by atoms with E-state index in [4.69, 9.17) is 0 Å². The summed E-state index contributed by atoms with van der Waals surface area (Å²) in [6, 6.07) is 21.5. The van der Waals surface area contributed by atoms with E-state index in [2.05, 4.69) is 21.2 Å². The molecule has 3 aromatic carbocycles. The lowest BCUT2D eigenvalue weighted by molar-refractivity contribution is 0.0642. The zero-order valence-electron chi connectivity index (χ0n) is 15.4. The molecule has 1 heterocycles. The van der Waals surface area contributed by atoms with Crippen LogP contribution in [0.5, 0.6) is 0 Å². The third kappa shape index (κ3) is 3.98. The molecule has 4 rings (SSSR count). The Kier molecular flexibility index (Phi) is 5.27. The van der Waals surface area contributed by atoms with Gasteiger partial charge in [0.15, 0.2) is 0 Å². The second kappa shape index (κ2) is 8.01. The van der Waals surface area contributed by atoms with Crippen molar-refractivity contribution in [1.29, 1.82) is 0 Å². The SMILES string of the molecule is O=C(NCc1cccc(Br)c1)c1ccc(CN2C(=O)c3ccccc3C2=O)cc1. The third-order valence-corrected chi connectivity index (χ3v) is 5.27. The molecule has 144 valence electrons. The number of rotatable bonds is 5. The minimum absolute atomic E-state index is 0.173. The summed E-state index contributed by atoms with van der Waals surface area (Å²) in [6.45, 7) is 0.599. The maximum absolute atomic E-state index is 12.5. The highest BCUT2D eigenvalue weighted by Crippen LogP contribution is 2.24. The highest BCUT2D eigenvalue weighted by Gasteiger charge is 2.34. The van der Waals surface area contributed by atoms with Crippen molar-refractivity contribution in [3.05, 3.63) is 105 Å². The molecule has 1 N–H and O–H groups in total. The van der Waals surface area contributed by atoms with Crippen LogP contribution in [0.1, 0.15) is 42.2 Å². The Bertz CT molecular complexity index is 1070. The largest absolute Gasteiger partial charge is 0.348 e. The first-order valence-electron chi connectivity index (χ1n) is 9.10. The molecule has 0 fully saturated rings. The highest BCUT2D eigenvalue weighted by atomic mass is 79.9. The average Bonchev–Trinajstić information content (AvgIpc) is 2.98. The second-order valence-corrected chi connectivity index (χ2v) is 7.67. The van der Waals surface area contributed by atoms with Crippen molar-refractivity contribution in [2.24, 2.45) is 0 Å². The van der Waals surface area contributed by atoms with Crippen LogP contribution in [0.25, 0.3) is 0 Å². The highest BCUT2D eigenvalue weighted by molar-refractivity contribution is 9.10. The second-order valence-electron chi connectivity index (χ2n) is 6.75. The first-order valence-corrected chi connectivity index (χ1v) is 9.89. The lowest BCUT2D eigenvalue weighted by Gasteiger charge is -2.14. The van der Waals surface area contributed by atoms with Crippen LogP contribution >= 0.6 is 15.9 Å². The first-order chi connectivity index (χ1) is 14.0. The summed E-state index contributed by atoms with van der Waals surface area (Å²) < 4.78 is 0.960. The molecule has 0 spiro atoms. The third-order valence-electron chi connectivity index (χ3n) is 4.78. The number of carbonyl (C=O) groups is 3. The summed E-state index contributed by atoms with van der Waals surface area (Å²) in [4.78, 5) is 38.5. The number of hydrogen-bond donors (Lipinski definition) is 1. The molecule has 0 unspecified atom stereocenters. The quantitative estimate of drug-likeness (QED) is 0.595. The van der Waals surface area contributed by atoms with E-state index in [0.717, 1.165) is 15.6 Å². The Labute approximate surface area is 176 Å². The van der Waals surface area contributed by atoms with Gasteiger partial charge < -0.3 is 5.32 Å². The fourth-order valence-electron chi connectivity index (χ4n) is 3.26. The van der Waals surface area contributed by atoms with Crippen LogP contribution in [0.2, 0.25) is 0 Å². The number of hydrogen-bond acceptors (Lipinski definition) is 3. The van der Waals surface area contributed by atoms with Gasteiger partial charge in [0, 0.05) is 16.6 Å². The van der Waals surface area contributed by atoms with Gasteiger partial charge in [0.05, 0.1) is 17.7 Å². The van der Waals surface area contributed by atoms with Crippen LogP contribution in [-0.2, 0) is 13.1 Å². The summed E-state index contributed by atoms with van der Waals surface area (Å²) in [5.74, 6) is -0.764. The molecule has 0 aromatic heterocycles. The van der Waals surface area contributed by atoms with Crippen molar-refractivity contribution < 1.29 is 14.4 Å². The van der Waals surface area contributed by atoms with Crippen LogP contribution in [0.4, 0.5) is 0 Å². The van der Waals surface area contributed by atoms with Gasteiger partial charge in [0.1, 0.15) is 0 Å². The Morgan fingerprint density at radius 3 is 2.10 bits per heavy atom.